The molecule has 0 saturated carbocycles. The number of pyridine rings is 1. The van der Waals surface area contributed by atoms with Gasteiger partial charge in [0.15, 0.2) is 0 Å². The summed E-state index contributed by atoms with van der Waals surface area (Å²) in [7, 11) is 1.95. The van der Waals surface area contributed by atoms with Crippen molar-refractivity contribution in [3.05, 3.63) is 123 Å². The summed E-state index contributed by atoms with van der Waals surface area (Å²) < 4.78 is 36.6. The second-order valence-electron chi connectivity index (χ2n) is 10.5. The molecule has 0 radical (unpaired) electrons. The van der Waals surface area contributed by atoms with Gasteiger partial charge >= 0.3 is 5.97 Å². The van der Waals surface area contributed by atoms with Gasteiger partial charge in [0.05, 0.1) is 18.0 Å². The number of benzene rings is 3. The van der Waals surface area contributed by atoms with Crippen molar-refractivity contribution >= 4 is 33.2 Å². The third-order valence-corrected chi connectivity index (χ3v) is 8.17. The number of aromatic nitrogens is 1. The van der Waals surface area contributed by atoms with Crippen molar-refractivity contribution in [2.24, 2.45) is 0 Å². The number of rotatable bonds is 9. The minimum atomic E-state index is -0.788. The summed E-state index contributed by atoms with van der Waals surface area (Å²) in [6.45, 7) is 4.15. The van der Waals surface area contributed by atoms with E-state index in [0.29, 0.717) is 34.6 Å². The number of fused-ring (bicyclic) bond motifs is 1. The lowest BCUT2D eigenvalue weighted by atomic mass is 10.0. The third-order valence-electron chi connectivity index (χ3n) is 6.85. The molecule has 2 heterocycles. The van der Waals surface area contributed by atoms with Crippen LogP contribution in [-0.2, 0) is 24.4 Å². The molecule has 6 nitrogen and oxygen atoms in total. The lowest BCUT2D eigenvalue weighted by Gasteiger charge is -2.18. The molecule has 0 bridgehead atoms. The molecule has 0 fully saturated rings. The van der Waals surface area contributed by atoms with Crippen LogP contribution in [0.15, 0.2) is 83.8 Å². The number of nitrogens with zero attached hydrogens (tertiary/aromatic N) is 2. The van der Waals surface area contributed by atoms with Crippen molar-refractivity contribution in [1.29, 1.82) is 0 Å². The zero-order valence-corrected chi connectivity index (χ0v) is 24.4. The van der Waals surface area contributed by atoms with Gasteiger partial charge in [-0.05, 0) is 61.9 Å². The largest absolute Gasteiger partial charge is 0.459 e. The van der Waals surface area contributed by atoms with Gasteiger partial charge in [-0.2, -0.15) is 0 Å². The fourth-order valence-corrected chi connectivity index (χ4v) is 6.22. The summed E-state index contributed by atoms with van der Waals surface area (Å²) in [6.07, 6.45) is 0.886. The van der Waals surface area contributed by atoms with Crippen LogP contribution < -0.4 is 11.2 Å². The third kappa shape index (κ3) is 6.12. The Kier molecular flexibility index (Phi) is 8.51. The summed E-state index contributed by atoms with van der Waals surface area (Å²) in [5, 5.41) is 0.321. The van der Waals surface area contributed by atoms with Crippen LogP contribution in [0.2, 0.25) is 0 Å². The highest BCUT2D eigenvalue weighted by molar-refractivity contribution is 7.22. The molecule has 0 amide bonds. The van der Waals surface area contributed by atoms with Crippen molar-refractivity contribution in [2.75, 3.05) is 12.8 Å². The normalized spacial score (nSPS) is 11.5. The lowest BCUT2D eigenvalue weighted by molar-refractivity contribution is 0.0375. The fraction of sp³-hybridized carbons (Fsp3) is 0.212. The van der Waals surface area contributed by atoms with Crippen LogP contribution in [0.4, 0.5) is 14.5 Å². The second kappa shape index (κ2) is 12.3. The Bertz CT molecular complexity index is 1780. The SMILES string of the molecule is CC(C)OC(=O)c1cn(Cc2c(F)cccc2F)c2sc(-c3ccc(N)cc3)c(CN(C)Cc3ccccc3)c2c1=O. The second-order valence-corrected chi connectivity index (χ2v) is 11.5. The maximum absolute atomic E-state index is 14.8. The smallest absolute Gasteiger partial charge is 0.343 e. The van der Waals surface area contributed by atoms with E-state index < -0.39 is 29.1 Å². The number of carbonyl (C=O) groups is 1. The lowest BCUT2D eigenvalue weighted by Crippen LogP contribution is -2.24. The molecular weight excluding hydrogens is 556 g/mol. The molecule has 0 spiro atoms. The van der Waals surface area contributed by atoms with Crippen molar-refractivity contribution in [3.63, 3.8) is 0 Å². The highest BCUT2D eigenvalue weighted by atomic mass is 32.1. The molecule has 0 aliphatic rings. The topological polar surface area (TPSA) is 77.6 Å². The van der Waals surface area contributed by atoms with Gasteiger partial charge in [-0.1, -0.05) is 48.5 Å². The number of nitrogens with two attached hydrogens (primary N) is 1. The van der Waals surface area contributed by atoms with Crippen molar-refractivity contribution in [3.8, 4) is 10.4 Å². The van der Waals surface area contributed by atoms with Crippen LogP contribution >= 0.6 is 11.3 Å². The van der Waals surface area contributed by atoms with Crippen LogP contribution in [0, 0.1) is 11.6 Å². The number of ether oxygens (including phenoxy) is 1. The molecule has 5 rings (SSSR count). The maximum Gasteiger partial charge on any atom is 0.343 e. The zero-order chi connectivity index (χ0) is 30.0. The Morgan fingerprint density at radius 2 is 1.62 bits per heavy atom. The van der Waals surface area contributed by atoms with E-state index in [2.05, 4.69) is 4.90 Å². The van der Waals surface area contributed by atoms with E-state index in [0.717, 1.165) is 16.0 Å². The van der Waals surface area contributed by atoms with Gasteiger partial charge in [0.25, 0.3) is 0 Å². The maximum atomic E-state index is 14.8. The summed E-state index contributed by atoms with van der Waals surface area (Å²) >= 11 is 1.34. The van der Waals surface area contributed by atoms with E-state index in [9.17, 15) is 18.4 Å². The Hall–Kier alpha value is -4.34. The molecule has 0 saturated heterocycles. The van der Waals surface area contributed by atoms with E-state index in [1.807, 2.05) is 49.5 Å². The number of hydrogen-bond donors (Lipinski definition) is 1. The van der Waals surface area contributed by atoms with Gasteiger partial charge in [0.2, 0.25) is 5.43 Å². The van der Waals surface area contributed by atoms with Gasteiger partial charge in [0, 0.05) is 35.4 Å². The summed E-state index contributed by atoms with van der Waals surface area (Å²) in [6, 6.07) is 20.9. The number of thiophene rings is 1. The van der Waals surface area contributed by atoms with Crippen LogP contribution in [-0.4, -0.2) is 28.6 Å². The number of halogens is 2. The molecule has 3 aromatic carbocycles. The summed E-state index contributed by atoms with van der Waals surface area (Å²) in [4.78, 5) is 30.6. The van der Waals surface area contributed by atoms with Crippen LogP contribution in [0.5, 0.6) is 0 Å². The highest BCUT2D eigenvalue weighted by Gasteiger charge is 2.26. The predicted octanol–water partition coefficient (Wildman–Crippen LogP) is 6.84. The molecule has 42 heavy (non-hydrogen) atoms. The average molecular weight is 588 g/mol. The van der Waals surface area contributed by atoms with E-state index in [1.54, 1.807) is 30.5 Å². The van der Waals surface area contributed by atoms with Crippen LogP contribution in [0.3, 0.4) is 0 Å². The Morgan fingerprint density at radius 1 is 0.952 bits per heavy atom. The quantitative estimate of drug-likeness (QED) is 0.151. The van der Waals surface area contributed by atoms with Gasteiger partial charge in [0.1, 0.15) is 22.0 Å². The Morgan fingerprint density at radius 3 is 2.26 bits per heavy atom. The van der Waals surface area contributed by atoms with E-state index in [1.165, 1.54) is 35.7 Å². The van der Waals surface area contributed by atoms with Crippen molar-refractivity contribution in [2.45, 2.75) is 39.6 Å². The molecule has 2 N–H and O–H groups in total. The Balaban J connectivity index is 1.75. The molecule has 9 heteroatoms. The first-order valence-corrected chi connectivity index (χ1v) is 14.3. The van der Waals surface area contributed by atoms with Gasteiger partial charge < -0.3 is 15.0 Å². The molecular formula is C33H31F2N3O3S. The van der Waals surface area contributed by atoms with Crippen LogP contribution in [0.1, 0.15) is 40.9 Å². The number of nitrogen functional groups attached to an aromatic ring is 1. The van der Waals surface area contributed by atoms with Gasteiger partial charge in [-0.3, -0.25) is 9.69 Å². The van der Waals surface area contributed by atoms with Gasteiger partial charge in [-0.15, -0.1) is 11.3 Å². The van der Waals surface area contributed by atoms with Crippen LogP contribution in [0.25, 0.3) is 20.7 Å². The number of carbonyl (C=O) groups excluding carboxylic acids is 1. The Labute approximate surface area is 246 Å². The van der Waals surface area contributed by atoms with Gasteiger partial charge in [-0.25, -0.2) is 13.6 Å². The highest BCUT2D eigenvalue weighted by Crippen LogP contribution is 2.39. The fourth-order valence-electron chi connectivity index (χ4n) is 4.93. The predicted molar refractivity (Wildman–Crippen MR) is 164 cm³/mol. The molecule has 0 aliphatic heterocycles. The molecule has 5 aromatic rings. The zero-order valence-electron chi connectivity index (χ0n) is 23.6. The molecule has 216 valence electrons. The number of esters is 1. The number of hydrogen-bond acceptors (Lipinski definition) is 6. The van der Waals surface area contributed by atoms with E-state index >= 15 is 0 Å². The summed E-state index contributed by atoms with van der Waals surface area (Å²) in [5.41, 5.74) is 8.35. The summed E-state index contributed by atoms with van der Waals surface area (Å²) in [5.74, 6) is -2.22. The molecule has 2 aromatic heterocycles. The molecule has 0 aliphatic carbocycles. The monoisotopic (exact) mass is 587 g/mol. The first-order valence-electron chi connectivity index (χ1n) is 13.5. The van der Waals surface area contributed by atoms with Crippen molar-refractivity contribution < 1.29 is 18.3 Å². The first kappa shape index (κ1) is 29.2. The minimum absolute atomic E-state index is 0.171. The van der Waals surface area contributed by atoms with Crippen molar-refractivity contribution in [1.82, 2.24) is 9.47 Å². The minimum Gasteiger partial charge on any atom is -0.459 e. The van der Waals surface area contributed by atoms with E-state index in [4.69, 9.17) is 10.5 Å². The average Bonchev–Trinajstić information content (AvgIpc) is 3.32. The molecule has 0 atom stereocenters. The number of anilines is 1. The standard InChI is InChI=1S/C33H31F2N3O3S/c1-20(2)41-33(40)26-19-38(18-24-27(34)10-7-11-28(24)35)32-29(30(26)39)25(17-37(3)16-21-8-5-4-6-9-21)31(42-32)22-12-14-23(36)15-13-22/h4-15,19-20H,16-18,36H2,1-3H3. The first-order chi connectivity index (χ1) is 20.1. The van der Waals surface area contributed by atoms with E-state index in [-0.39, 0.29) is 17.7 Å². The molecule has 0 unspecified atom stereocenters.